The Morgan fingerprint density at radius 1 is 1.30 bits per heavy atom. The van der Waals surface area contributed by atoms with Crippen molar-refractivity contribution in [2.24, 2.45) is 5.73 Å². The SMILES string of the molecule is CC(C)(C)c1cccc(C(=O)N2CCCC2C(N)=O)c1. The van der Waals surface area contributed by atoms with Gasteiger partial charge in [-0.2, -0.15) is 0 Å². The first-order valence-corrected chi connectivity index (χ1v) is 7.01. The van der Waals surface area contributed by atoms with Crippen molar-refractivity contribution in [3.05, 3.63) is 35.4 Å². The van der Waals surface area contributed by atoms with Gasteiger partial charge in [0.1, 0.15) is 6.04 Å². The van der Waals surface area contributed by atoms with Crippen LogP contribution < -0.4 is 5.73 Å². The van der Waals surface area contributed by atoms with Gasteiger partial charge < -0.3 is 10.6 Å². The Morgan fingerprint density at radius 2 is 2.00 bits per heavy atom. The second-order valence-electron chi connectivity index (χ2n) is 6.39. The predicted molar refractivity (Wildman–Crippen MR) is 78.4 cm³/mol. The molecule has 2 amide bonds. The third kappa shape index (κ3) is 2.84. The van der Waals surface area contributed by atoms with Crippen molar-refractivity contribution in [3.63, 3.8) is 0 Å². The van der Waals surface area contributed by atoms with Crippen LogP contribution in [-0.2, 0) is 10.2 Å². The average molecular weight is 274 g/mol. The van der Waals surface area contributed by atoms with Gasteiger partial charge in [0, 0.05) is 12.1 Å². The number of nitrogens with zero attached hydrogens (tertiary/aromatic N) is 1. The van der Waals surface area contributed by atoms with Gasteiger partial charge in [-0.25, -0.2) is 0 Å². The standard InChI is InChI=1S/C16H22N2O2/c1-16(2,3)12-7-4-6-11(10-12)15(20)18-9-5-8-13(18)14(17)19/h4,6-7,10,13H,5,8-9H2,1-3H3,(H2,17,19). The smallest absolute Gasteiger partial charge is 0.254 e. The Labute approximate surface area is 119 Å². The van der Waals surface area contributed by atoms with Crippen LogP contribution >= 0.6 is 0 Å². The number of primary amides is 1. The zero-order valence-corrected chi connectivity index (χ0v) is 12.3. The van der Waals surface area contributed by atoms with E-state index < -0.39 is 11.9 Å². The largest absolute Gasteiger partial charge is 0.368 e. The van der Waals surface area contributed by atoms with Crippen LogP contribution in [-0.4, -0.2) is 29.3 Å². The van der Waals surface area contributed by atoms with E-state index in [0.29, 0.717) is 18.5 Å². The van der Waals surface area contributed by atoms with Gasteiger partial charge in [0.2, 0.25) is 5.91 Å². The molecule has 1 fully saturated rings. The summed E-state index contributed by atoms with van der Waals surface area (Å²) in [6.07, 6.45) is 1.50. The summed E-state index contributed by atoms with van der Waals surface area (Å²) in [6.45, 7) is 6.93. The zero-order valence-electron chi connectivity index (χ0n) is 12.3. The van der Waals surface area contributed by atoms with E-state index in [-0.39, 0.29) is 11.3 Å². The number of rotatable bonds is 2. The highest BCUT2D eigenvalue weighted by Crippen LogP contribution is 2.25. The molecular formula is C16H22N2O2. The van der Waals surface area contributed by atoms with Crippen LogP contribution in [0.5, 0.6) is 0 Å². The van der Waals surface area contributed by atoms with Gasteiger partial charge in [0.05, 0.1) is 0 Å². The fourth-order valence-corrected chi connectivity index (χ4v) is 2.59. The van der Waals surface area contributed by atoms with Crippen molar-refractivity contribution >= 4 is 11.8 Å². The maximum Gasteiger partial charge on any atom is 0.254 e. The number of carbonyl (C=O) groups is 2. The molecule has 0 aromatic heterocycles. The Hall–Kier alpha value is -1.84. The van der Waals surface area contributed by atoms with Crippen LogP contribution in [0, 0.1) is 0 Å². The molecule has 1 aliphatic heterocycles. The van der Waals surface area contributed by atoms with E-state index in [1.165, 1.54) is 0 Å². The molecule has 2 N–H and O–H groups in total. The van der Waals surface area contributed by atoms with Gasteiger partial charge >= 0.3 is 0 Å². The van der Waals surface area contributed by atoms with Crippen LogP contribution in [0.2, 0.25) is 0 Å². The Bertz CT molecular complexity index is 532. The molecule has 1 unspecified atom stereocenters. The molecule has 0 spiro atoms. The van der Waals surface area contributed by atoms with E-state index in [9.17, 15) is 9.59 Å². The normalized spacial score (nSPS) is 19.1. The van der Waals surface area contributed by atoms with Crippen LogP contribution in [0.4, 0.5) is 0 Å². The maximum absolute atomic E-state index is 12.6. The molecule has 1 saturated heterocycles. The van der Waals surface area contributed by atoms with E-state index in [4.69, 9.17) is 5.73 Å². The lowest BCUT2D eigenvalue weighted by molar-refractivity contribution is -0.121. The fraction of sp³-hybridized carbons (Fsp3) is 0.500. The van der Waals surface area contributed by atoms with E-state index >= 15 is 0 Å². The van der Waals surface area contributed by atoms with Crippen molar-refractivity contribution in [1.82, 2.24) is 4.90 Å². The monoisotopic (exact) mass is 274 g/mol. The minimum absolute atomic E-state index is 0.00954. The summed E-state index contributed by atoms with van der Waals surface area (Å²) in [7, 11) is 0. The number of likely N-dealkylation sites (tertiary alicyclic amines) is 1. The van der Waals surface area contributed by atoms with E-state index in [2.05, 4.69) is 20.8 Å². The predicted octanol–water partition coefficient (Wildman–Crippen LogP) is 2.07. The van der Waals surface area contributed by atoms with Gasteiger partial charge in [-0.3, -0.25) is 9.59 Å². The van der Waals surface area contributed by atoms with Gasteiger partial charge in [-0.1, -0.05) is 32.9 Å². The summed E-state index contributed by atoms with van der Waals surface area (Å²) in [5, 5.41) is 0. The van der Waals surface area contributed by atoms with Crippen molar-refractivity contribution in [2.45, 2.75) is 45.1 Å². The van der Waals surface area contributed by atoms with Crippen LogP contribution in [0.15, 0.2) is 24.3 Å². The van der Waals surface area contributed by atoms with E-state index in [1.807, 2.05) is 18.2 Å². The first-order valence-electron chi connectivity index (χ1n) is 7.01. The average Bonchev–Trinajstić information content (AvgIpc) is 2.86. The molecule has 0 radical (unpaired) electrons. The zero-order chi connectivity index (χ0) is 14.9. The fourth-order valence-electron chi connectivity index (χ4n) is 2.59. The highest BCUT2D eigenvalue weighted by Gasteiger charge is 2.33. The van der Waals surface area contributed by atoms with E-state index in [0.717, 1.165) is 12.0 Å². The van der Waals surface area contributed by atoms with Crippen molar-refractivity contribution < 1.29 is 9.59 Å². The molecule has 0 bridgehead atoms. The van der Waals surface area contributed by atoms with Crippen molar-refractivity contribution in [3.8, 4) is 0 Å². The summed E-state index contributed by atoms with van der Waals surface area (Å²) in [5.74, 6) is -0.514. The van der Waals surface area contributed by atoms with Crippen LogP contribution in [0.3, 0.4) is 0 Å². The van der Waals surface area contributed by atoms with E-state index in [1.54, 1.807) is 11.0 Å². The summed E-state index contributed by atoms with van der Waals surface area (Å²) in [6, 6.07) is 7.17. The molecule has 108 valence electrons. The first-order chi connectivity index (χ1) is 9.30. The third-order valence-electron chi connectivity index (χ3n) is 3.82. The molecule has 1 aliphatic rings. The number of hydrogen-bond acceptors (Lipinski definition) is 2. The molecule has 2 rings (SSSR count). The molecule has 0 aliphatic carbocycles. The topological polar surface area (TPSA) is 63.4 Å². The molecule has 1 aromatic carbocycles. The minimum Gasteiger partial charge on any atom is -0.368 e. The summed E-state index contributed by atoms with van der Waals surface area (Å²) in [4.78, 5) is 25.6. The summed E-state index contributed by atoms with van der Waals surface area (Å²) >= 11 is 0. The summed E-state index contributed by atoms with van der Waals surface area (Å²) in [5.41, 5.74) is 7.10. The molecule has 4 heteroatoms. The number of amides is 2. The molecule has 1 aromatic rings. The minimum atomic E-state index is -0.458. The summed E-state index contributed by atoms with van der Waals surface area (Å²) < 4.78 is 0. The lowest BCUT2D eigenvalue weighted by atomic mass is 9.86. The molecule has 1 atom stereocenters. The van der Waals surface area contributed by atoms with Gasteiger partial charge in [-0.15, -0.1) is 0 Å². The number of nitrogens with two attached hydrogens (primary N) is 1. The number of hydrogen-bond donors (Lipinski definition) is 1. The second kappa shape index (κ2) is 5.27. The Morgan fingerprint density at radius 3 is 2.60 bits per heavy atom. The Balaban J connectivity index is 2.28. The van der Waals surface area contributed by atoms with Crippen molar-refractivity contribution in [2.75, 3.05) is 6.54 Å². The molecule has 20 heavy (non-hydrogen) atoms. The lowest BCUT2D eigenvalue weighted by Gasteiger charge is -2.24. The van der Waals surface area contributed by atoms with Gasteiger partial charge in [0.25, 0.3) is 5.91 Å². The first kappa shape index (κ1) is 14.6. The van der Waals surface area contributed by atoms with Gasteiger partial charge in [0.15, 0.2) is 0 Å². The lowest BCUT2D eigenvalue weighted by Crippen LogP contribution is -2.43. The van der Waals surface area contributed by atoms with Crippen LogP contribution in [0.1, 0.15) is 49.5 Å². The van der Waals surface area contributed by atoms with Crippen LogP contribution in [0.25, 0.3) is 0 Å². The molecule has 0 saturated carbocycles. The Kier molecular flexibility index (Phi) is 3.84. The highest BCUT2D eigenvalue weighted by molar-refractivity contribution is 5.97. The van der Waals surface area contributed by atoms with Gasteiger partial charge in [-0.05, 0) is 36.0 Å². The number of carbonyl (C=O) groups excluding carboxylic acids is 2. The second-order valence-corrected chi connectivity index (χ2v) is 6.39. The number of benzene rings is 1. The van der Waals surface area contributed by atoms with Crippen molar-refractivity contribution in [1.29, 1.82) is 0 Å². The highest BCUT2D eigenvalue weighted by atomic mass is 16.2. The molecular weight excluding hydrogens is 252 g/mol. The third-order valence-corrected chi connectivity index (χ3v) is 3.82. The molecule has 4 nitrogen and oxygen atoms in total. The molecule has 1 heterocycles. The maximum atomic E-state index is 12.6. The quantitative estimate of drug-likeness (QED) is 0.897.